The third-order valence-corrected chi connectivity index (χ3v) is 5.75. The third-order valence-electron chi connectivity index (χ3n) is 4.64. The van der Waals surface area contributed by atoms with E-state index >= 15 is 0 Å². The SMILES string of the molecule is CS(=O)(=O)c1ccc(N2CCC(Nc3ccccc3F)CC2)c([N+](=O)[O-])c1. The number of nitro benzene ring substituents is 1. The van der Waals surface area contributed by atoms with Crippen LogP contribution in [0.25, 0.3) is 0 Å². The molecule has 27 heavy (non-hydrogen) atoms. The predicted octanol–water partition coefficient (Wildman–Crippen LogP) is 3.22. The van der Waals surface area contributed by atoms with Crippen LogP contribution in [0.4, 0.5) is 21.5 Å². The Morgan fingerprint density at radius 1 is 1.19 bits per heavy atom. The van der Waals surface area contributed by atoms with Crippen molar-refractivity contribution in [1.29, 1.82) is 0 Å². The lowest BCUT2D eigenvalue weighted by atomic mass is 10.0. The first-order valence-corrected chi connectivity index (χ1v) is 10.4. The summed E-state index contributed by atoms with van der Waals surface area (Å²) >= 11 is 0. The van der Waals surface area contributed by atoms with Crippen molar-refractivity contribution in [2.75, 3.05) is 29.6 Å². The molecule has 2 aromatic carbocycles. The van der Waals surface area contributed by atoms with Crippen molar-refractivity contribution < 1.29 is 17.7 Å². The fraction of sp³-hybridized carbons (Fsp3) is 0.333. The summed E-state index contributed by atoms with van der Waals surface area (Å²) in [7, 11) is -3.52. The minimum atomic E-state index is -3.52. The van der Waals surface area contributed by atoms with E-state index in [0.717, 1.165) is 12.3 Å². The van der Waals surface area contributed by atoms with Crippen molar-refractivity contribution in [2.24, 2.45) is 0 Å². The summed E-state index contributed by atoms with van der Waals surface area (Å²) < 4.78 is 37.1. The molecule has 0 saturated carbocycles. The van der Waals surface area contributed by atoms with Gasteiger partial charge in [0.2, 0.25) is 0 Å². The van der Waals surface area contributed by atoms with E-state index < -0.39 is 14.8 Å². The van der Waals surface area contributed by atoms with E-state index in [0.29, 0.717) is 37.3 Å². The maximum Gasteiger partial charge on any atom is 0.293 e. The first-order chi connectivity index (χ1) is 12.8. The van der Waals surface area contributed by atoms with Gasteiger partial charge in [0, 0.05) is 31.5 Å². The number of hydrogen-bond acceptors (Lipinski definition) is 6. The predicted molar refractivity (Wildman–Crippen MR) is 101 cm³/mol. The van der Waals surface area contributed by atoms with Crippen LogP contribution in [-0.2, 0) is 9.84 Å². The fourth-order valence-electron chi connectivity index (χ4n) is 3.21. The highest BCUT2D eigenvalue weighted by Crippen LogP contribution is 2.33. The molecule has 0 unspecified atom stereocenters. The zero-order valence-electron chi connectivity index (χ0n) is 14.8. The molecule has 0 amide bonds. The summed E-state index contributed by atoms with van der Waals surface area (Å²) in [6.07, 6.45) is 2.38. The Kier molecular flexibility index (Phi) is 5.31. The second kappa shape index (κ2) is 7.51. The molecule has 0 aromatic heterocycles. The van der Waals surface area contributed by atoms with Gasteiger partial charge in [-0.3, -0.25) is 10.1 Å². The monoisotopic (exact) mass is 393 g/mol. The number of nitro groups is 1. The molecule has 7 nitrogen and oxygen atoms in total. The number of sulfone groups is 1. The van der Waals surface area contributed by atoms with Gasteiger partial charge in [-0.1, -0.05) is 12.1 Å². The van der Waals surface area contributed by atoms with E-state index in [1.807, 2.05) is 4.90 Å². The smallest absolute Gasteiger partial charge is 0.293 e. The van der Waals surface area contributed by atoms with Crippen molar-refractivity contribution in [3.63, 3.8) is 0 Å². The lowest BCUT2D eigenvalue weighted by Gasteiger charge is -2.34. The third kappa shape index (κ3) is 4.36. The second-order valence-electron chi connectivity index (χ2n) is 6.57. The largest absolute Gasteiger partial charge is 0.380 e. The Morgan fingerprint density at radius 2 is 1.85 bits per heavy atom. The average Bonchev–Trinajstić information content (AvgIpc) is 2.63. The quantitative estimate of drug-likeness (QED) is 0.619. The molecule has 1 saturated heterocycles. The number of hydrogen-bond donors (Lipinski definition) is 1. The number of nitrogens with one attached hydrogen (secondary N) is 1. The maximum absolute atomic E-state index is 13.8. The Bertz CT molecular complexity index is 957. The van der Waals surface area contributed by atoms with Crippen LogP contribution in [0.5, 0.6) is 0 Å². The Hall–Kier alpha value is -2.68. The standard InChI is InChI=1S/C18H20FN3O4S/c1-27(25,26)14-6-7-17(18(12-14)22(23)24)21-10-8-13(9-11-21)20-16-5-3-2-4-15(16)19/h2-7,12-13,20H,8-11H2,1H3. The van der Waals surface area contributed by atoms with Gasteiger partial charge in [0.15, 0.2) is 9.84 Å². The minimum absolute atomic E-state index is 0.0625. The molecule has 9 heteroatoms. The topological polar surface area (TPSA) is 92.6 Å². The Balaban J connectivity index is 1.74. The minimum Gasteiger partial charge on any atom is -0.380 e. The number of benzene rings is 2. The summed E-state index contributed by atoms with van der Waals surface area (Å²) in [5.74, 6) is -0.313. The van der Waals surface area contributed by atoms with Gasteiger partial charge in [-0.05, 0) is 37.1 Å². The van der Waals surface area contributed by atoms with E-state index in [1.54, 1.807) is 18.2 Å². The van der Waals surface area contributed by atoms with Crippen LogP contribution < -0.4 is 10.2 Å². The zero-order chi connectivity index (χ0) is 19.6. The molecule has 0 radical (unpaired) electrons. The second-order valence-corrected chi connectivity index (χ2v) is 8.58. The molecule has 0 atom stereocenters. The van der Waals surface area contributed by atoms with Crippen LogP contribution in [0.1, 0.15) is 12.8 Å². The average molecular weight is 393 g/mol. The van der Waals surface area contributed by atoms with Gasteiger partial charge in [0.1, 0.15) is 11.5 Å². The molecule has 1 N–H and O–H groups in total. The van der Waals surface area contributed by atoms with Gasteiger partial charge in [0.25, 0.3) is 5.69 Å². The first kappa shape index (κ1) is 19.1. The van der Waals surface area contributed by atoms with E-state index in [4.69, 9.17) is 0 Å². The van der Waals surface area contributed by atoms with Crippen LogP contribution in [0.15, 0.2) is 47.4 Å². The lowest BCUT2D eigenvalue weighted by Crippen LogP contribution is -2.39. The Morgan fingerprint density at radius 3 is 2.44 bits per heavy atom. The fourth-order valence-corrected chi connectivity index (χ4v) is 3.85. The summed E-state index contributed by atoms with van der Waals surface area (Å²) in [5.41, 5.74) is 0.620. The van der Waals surface area contributed by atoms with Crippen molar-refractivity contribution in [2.45, 2.75) is 23.8 Å². The van der Waals surface area contributed by atoms with Gasteiger partial charge in [-0.15, -0.1) is 0 Å². The Labute approximate surface area is 156 Å². The first-order valence-electron chi connectivity index (χ1n) is 8.50. The van der Waals surface area contributed by atoms with Gasteiger partial charge in [-0.25, -0.2) is 12.8 Å². The van der Waals surface area contributed by atoms with Gasteiger partial charge < -0.3 is 10.2 Å². The molecule has 2 aromatic rings. The van der Waals surface area contributed by atoms with E-state index in [2.05, 4.69) is 5.32 Å². The molecule has 0 aliphatic carbocycles. The van der Waals surface area contributed by atoms with Crippen LogP contribution in [0.3, 0.4) is 0 Å². The summed E-state index contributed by atoms with van der Waals surface area (Å²) in [4.78, 5) is 12.6. The summed E-state index contributed by atoms with van der Waals surface area (Å²) in [5, 5.41) is 14.6. The molecule has 0 spiro atoms. The highest BCUT2D eigenvalue weighted by Gasteiger charge is 2.26. The molecule has 3 rings (SSSR count). The van der Waals surface area contributed by atoms with E-state index in [-0.39, 0.29) is 22.4 Å². The number of rotatable bonds is 5. The van der Waals surface area contributed by atoms with Crippen LogP contribution in [-0.4, -0.2) is 38.7 Å². The van der Waals surface area contributed by atoms with Crippen molar-refractivity contribution >= 4 is 26.9 Å². The number of halogens is 1. The maximum atomic E-state index is 13.8. The molecule has 1 aliphatic heterocycles. The molecular weight excluding hydrogens is 373 g/mol. The zero-order valence-corrected chi connectivity index (χ0v) is 15.6. The van der Waals surface area contributed by atoms with Gasteiger partial charge in [0.05, 0.1) is 15.5 Å². The molecular formula is C18H20FN3O4S. The number of nitrogens with zero attached hydrogens (tertiary/aromatic N) is 2. The van der Waals surface area contributed by atoms with Gasteiger partial charge >= 0.3 is 0 Å². The van der Waals surface area contributed by atoms with Gasteiger partial charge in [-0.2, -0.15) is 0 Å². The molecule has 144 valence electrons. The van der Waals surface area contributed by atoms with Crippen molar-refractivity contribution in [1.82, 2.24) is 0 Å². The van der Waals surface area contributed by atoms with Crippen LogP contribution in [0.2, 0.25) is 0 Å². The van der Waals surface area contributed by atoms with Crippen LogP contribution >= 0.6 is 0 Å². The number of piperidine rings is 1. The van der Waals surface area contributed by atoms with E-state index in [1.165, 1.54) is 18.2 Å². The van der Waals surface area contributed by atoms with E-state index in [9.17, 15) is 22.9 Å². The highest BCUT2D eigenvalue weighted by molar-refractivity contribution is 7.90. The molecule has 0 bridgehead atoms. The highest BCUT2D eigenvalue weighted by atomic mass is 32.2. The summed E-state index contributed by atoms with van der Waals surface area (Å²) in [6.45, 7) is 1.09. The summed E-state index contributed by atoms with van der Waals surface area (Å²) in [6, 6.07) is 10.5. The van der Waals surface area contributed by atoms with Crippen LogP contribution in [0, 0.1) is 15.9 Å². The van der Waals surface area contributed by atoms with Crippen molar-refractivity contribution in [3.05, 3.63) is 58.4 Å². The number of anilines is 2. The van der Waals surface area contributed by atoms with Crippen molar-refractivity contribution in [3.8, 4) is 0 Å². The molecule has 1 fully saturated rings. The molecule has 1 heterocycles. The molecule has 1 aliphatic rings. The number of para-hydroxylation sites is 1. The lowest BCUT2D eigenvalue weighted by molar-refractivity contribution is -0.384. The normalized spacial score (nSPS) is 15.6.